The number of rotatable bonds is 8. The van der Waals surface area contributed by atoms with Crippen LogP contribution in [0, 0.1) is 5.92 Å². The number of aromatic nitrogens is 1. The Bertz CT molecular complexity index is 1240. The lowest BCUT2D eigenvalue weighted by Crippen LogP contribution is -2.31. The SMILES string of the molecule is O=C(C1CC1)N1CCc2ccc(S(=O)(=O)NC(CCc3ccccc3)c3ccccn3)cc21. The quantitative estimate of drug-likeness (QED) is 0.549. The van der Waals surface area contributed by atoms with E-state index in [0.29, 0.717) is 18.7 Å². The van der Waals surface area contributed by atoms with Crippen LogP contribution in [-0.4, -0.2) is 25.9 Å². The van der Waals surface area contributed by atoms with E-state index in [-0.39, 0.29) is 16.7 Å². The van der Waals surface area contributed by atoms with E-state index >= 15 is 0 Å². The van der Waals surface area contributed by atoms with Gasteiger partial charge in [0, 0.05) is 24.3 Å². The number of nitrogens with one attached hydrogen (secondary N) is 1. The van der Waals surface area contributed by atoms with Gasteiger partial charge in [0.15, 0.2) is 0 Å². The maximum absolute atomic E-state index is 13.4. The number of aryl methyl sites for hydroxylation is 1. The third-order valence-corrected chi connectivity index (χ3v) is 7.83. The van der Waals surface area contributed by atoms with Crippen LogP contribution in [0.1, 0.15) is 42.1 Å². The van der Waals surface area contributed by atoms with Crippen LogP contribution in [0.15, 0.2) is 77.8 Å². The predicted octanol–water partition coefficient (Wildman–Crippen LogP) is 4.03. The molecule has 1 atom stereocenters. The first kappa shape index (κ1) is 21.8. The van der Waals surface area contributed by atoms with Gasteiger partial charge >= 0.3 is 0 Å². The van der Waals surface area contributed by atoms with Crippen molar-refractivity contribution in [2.45, 2.75) is 43.0 Å². The fourth-order valence-electron chi connectivity index (χ4n) is 4.37. The van der Waals surface area contributed by atoms with Crippen molar-refractivity contribution in [1.29, 1.82) is 0 Å². The Morgan fingerprint density at radius 1 is 1.06 bits per heavy atom. The minimum Gasteiger partial charge on any atom is -0.312 e. The molecule has 1 unspecified atom stereocenters. The van der Waals surface area contributed by atoms with Crippen molar-refractivity contribution in [2.24, 2.45) is 5.92 Å². The van der Waals surface area contributed by atoms with E-state index in [1.165, 1.54) is 0 Å². The first-order valence-electron chi connectivity index (χ1n) is 11.4. The van der Waals surface area contributed by atoms with E-state index in [4.69, 9.17) is 0 Å². The van der Waals surface area contributed by atoms with Crippen molar-refractivity contribution in [3.8, 4) is 0 Å². The largest absolute Gasteiger partial charge is 0.312 e. The number of carbonyl (C=O) groups excluding carboxylic acids is 1. The molecular weight excluding hydrogens is 434 g/mol. The standard InChI is InChI=1S/C26H27N3O3S/c30-26(21-10-11-21)29-17-15-20-12-13-22(18-25(20)29)33(31,32)28-24(23-8-4-5-16-27-23)14-9-19-6-2-1-3-7-19/h1-8,12-13,16,18,21,24,28H,9-11,14-15,17H2. The molecular formula is C26H27N3O3S. The Kier molecular flexibility index (Phi) is 6.00. The lowest BCUT2D eigenvalue weighted by Gasteiger charge is -2.20. The second-order valence-corrected chi connectivity index (χ2v) is 10.5. The molecule has 1 fully saturated rings. The molecule has 1 saturated carbocycles. The summed E-state index contributed by atoms with van der Waals surface area (Å²) in [5, 5.41) is 0. The van der Waals surface area contributed by atoms with Crippen LogP contribution in [0.25, 0.3) is 0 Å². The lowest BCUT2D eigenvalue weighted by atomic mass is 10.0. The Labute approximate surface area is 194 Å². The molecule has 33 heavy (non-hydrogen) atoms. The summed E-state index contributed by atoms with van der Waals surface area (Å²) in [5.41, 5.74) is 3.58. The molecule has 1 amide bonds. The first-order chi connectivity index (χ1) is 16.0. The third kappa shape index (κ3) is 4.84. The van der Waals surface area contributed by atoms with Gasteiger partial charge in [-0.15, -0.1) is 0 Å². The van der Waals surface area contributed by atoms with Gasteiger partial charge in [-0.3, -0.25) is 9.78 Å². The highest BCUT2D eigenvalue weighted by atomic mass is 32.2. The molecule has 0 spiro atoms. The minimum absolute atomic E-state index is 0.0980. The maximum atomic E-state index is 13.4. The second kappa shape index (κ2) is 9.08. The number of carbonyl (C=O) groups is 1. The van der Waals surface area contributed by atoms with Crippen LogP contribution in [0.3, 0.4) is 0 Å². The van der Waals surface area contributed by atoms with Gasteiger partial charge in [-0.25, -0.2) is 13.1 Å². The topological polar surface area (TPSA) is 79.4 Å². The highest BCUT2D eigenvalue weighted by Gasteiger charge is 2.37. The molecule has 1 aromatic heterocycles. The number of fused-ring (bicyclic) bond motifs is 1. The van der Waals surface area contributed by atoms with E-state index < -0.39 is 16.1 Å². The zero-order valence-electron chi connectivity index (χ0n) is 18.4. The van der Waals surface area contributed by atoms with Gasteiger partial charge in [-0.05, 0) is 67.5 Å². The normalized spacial score (nSPS) is 16.4. The Hall–Kier alpha value is -3.03. The summed E-state index contributed by atoms with van der Waals surface area (Å²) in [7, 11) is -3.82. The molecule has 0 saturated heterocycles. The molecule has 170 valence electrons. The van der Waals surface area contributed by atoms with Crippen molar-refractivity contribution < 1.29 is 13.2 Å². The van der Waals surface area contributed by atoms with Crippen LogP contribution in [-0.2, 0) is 27.7 Å². The average molecular weight is 462 g/mol. The third-order valence-electron chi connectivity index (χ3n) is 6.36. The van der Waals surface area contributed by atoms with Crippen molar-refractivity contribution in [1.82, 2.24) is 9.71 Å². The molecule has 1 N–H and O–H groups in total. The highest BCUT2D eigenvalue weighted by Crippen LogP contribution is 2.37. The highest BCUT2D eigenvalue weighted by molar-refractivity contribution is 7.89. The van der Waals surface area contributed by atoms with Crippen LogP contribution in [0.5, 0.6) is 0 Å². The number of benzene rings is 2. The first-order valence-corrected chi connectivity index (χ1v) is 12.9. The van der Waals surface area contributed by atoms with Crippen molar-refractivity contribution in [3.05, 3.63) is 89.7 Å². The zero-order valence-corrected chi connectivity index (χ0v) is 19.2. The van der Waals surface area contributed by atoms with Gasteiger partial charge in [0.25, 0.3) is 0 Å². The molecule has 3 aromatic rings. The fourth-order valence-corrected chi connectivity index (χ4v) is 5.63. The van der Waals surface area contributed by atoms with Gasteiger partial charge in [0.1, 0.15) is 0 Å². The molecule has 0 bridgehead atoms. The number of hydrogen-bond acceptors (Lipinski definition) is 4. The molecule has 1 aliphatic carbocycles. The molecule has 6 nitrogen and oxygen atoms in total. The summed E-state index contributed by atoms with van der Waals surface area (Å²) >= 11 is 0. The van der Waals surface area contributed by atoms with Crippen LogP contribution < -0.4 is 9.62 Å². The fraction of sp³-hybridized carbons (Fsp3) is 0.308. The van der Waals surface area contributed by atoms with Crippen molar-refractivity contribution >= 4 is 21.6 Å². The summed E-state index contributed by atoms with van der Waals surface area (Å²) < 4.78 is 29.7. The Balaban J connectivity index is 1.39. The van der Waals surface area contributed by atoms with Crippen LogP contribution in [0.4, 0.5) is 5.69 Å². The van der Waals surface area contributed by atoms with Crippen LogP contribution >= 0.6 is 0 Å². The molecule has 1 aliphatic heterocycles. The summed E-state index contributed by atoms with van der Waals surface area (Å²) in [6.45, 7) is 0.620. The van der Waals surface area contributed by atoms with Gasteiger partial charge in [-0.1, -0.05) is 42.5 Å². The Morgan fingerprint density at radius 3 is 2.58 bits per heavy atom. The monoisotopic (exact) mass is 461 g/mol. The summed E-state index contributed by atoms with van der Waals surface area (Å²) in [5.74, 6) is 0.214. The lowest BCUT2D eigenvalue weighted by molar-refractivity contribution is -0.119. The van der Waals surface area contributed by atoms with E-state index in [0.717, 1.165) is 42.5 Å². The minimum atomic E-state index is -3.82. The van der Waals surface area contributed by atoms with Crippen molar-refractivity contribution in [2.75, 3.05) is 11.4 Å². The van der Waals surface area contributed by atoms with Gasteiger partial charge in [0.2, 0.25) is 15.9 Å². The second-order valence-electron chi connectivity index (χ2n) is 8.76. The smallest absolute Gasteiger partial charge is 0.241 e. The number of nitrogens with zero attached hydrogens (tertiary/aromatic N) is 2. The van der Waals surface area contributed by atoms with Gasteiger partial charge in [0.05, 0.1) is 16.6 Å². The maximum Gasteiger partial charge on any atom is 0.241 e. The number of anilines is 1. The van der Waals surface area contributed by atoms with E-state index in [1.807, 2.05) is 54.6 Å². The molecule has 0 radical (unpaired) electrons. The average Bonchev–Trinajstić information content (AvgIpc) is 3.61. The summed E-state index contributed by atoms with van der Waals surface area (Å²) in [4.78, 5) is 19.0. The molecule has 2 heterocycles. The van der Waals surface area contributed by atoms with E-state index in [1.54, 1.807) is 23.2 Å². The van der Waals surface area contributed by atoms with Crippen molar-refractivity contribution in [3.63, 3.8) is 0 Å². The predicted molar refractivity (Wildman–Crippen MR) is 127 cm³/mol. The molecule has 2 aromatic carbocycles. The molecule has 5 rings (SSSR count). The number of amides is 1. The zero-order chi connectivity index (χ0) is 22.8. The summed E-state index contributed by atoms with van der Waals surface area (Å²) in [6.07, 6.45) is 5.59. The molecule has 2 aliphatic rings. The number of sulfonamides is 1. The van der Waals surface area contributed by atoms with E-state index in [9.17, 15) is 13.2 Å². The summed E-state index contributed by atoms with van der Waals surface area (Å²) in [6, 6.07) is 20.2. The van der Waals surface area contributed by atoms with E-state index in [2.05, 4.69) is 9.71 Å². The van der Waals surface area contributed by atoms with Gasteiger partial charge < -0.3 is 4.90 Å². The number of hydrogen-bond donors (Lipinski definition) is 1. The van der Waals surface area contributed by atoms with Crippen LogP contribution in [0.2, 0.25) is 0 Å². The van der Waals surface area contributed by atoms with Gasteiger partial charge in [-0.2, -0.15) is 0 Å². The number of pyridine rings is 1. The Morgan fingerprint density at radius 2 is 1.85 bits per heavy atom. The molecule has 7 heteroatoms.